The summed E-state index contributed by atoms with van der Waals surface area (Å²) in [6.07, 6.45) is 3.94. The Kier molecular flexibility index (Phi) is 8.31. The quantitative estimate of drug-likeness (QED) is 0.466. The number of pyridine rings is 2. The normalized spacial score (nSPS) is 14.8. The van der Waals surface area contributed by atoms with Gasteiger partial charge in [0.05, 0.1) is 12.3 Å². The van der Waals surface area contributed by atoms with Crippen LogP contribution in [0.4, 0.5) is 26.0 Å². The van der Waals surface area contributed by atoms with Crippen molar-refractivity contribution in [2.45, 2.75) is 39.5 Å². The maximum Gasteiger partial charge on any atom is 0.286 e. The molecule has 3 heterocycles. The summed E-state index contributed by atoms with van der Waals surface area (Å²) in [7, 11) is 0. The van der Waals surface area contributed by atoms with Crippen LogP contribution in [0.1, 0.15) is 48.3 Å². The number of nitrogens with one attached hydrogen (secondary N) is 2. The first-order valence-corrected chi connectivity index (χ1v) is 12.6. The van der Waals surface area contributed by atoms with E-state index < -0.39 is 17.5 Å². The zero-order chi connectivity index (χ0) is 27.3. The lowest BCUT2D eigenvalue weighted by Gasteiger charge is -2.23. The minimum absolute atomic E-state index is 0.0118. The molecule has 0 aliphatic carbocycles. The molecule has 10 heteroatoms. The fourth-order valence-corrected chi connectivity index (χ4v) is 4.24. The molecule has 8 nitrogen and oxygen atoms in total. The molecule has 1 aliphatic rings. The number of ether oxygens (including phenoxy) is 1. The molecule has 0 spiro atoms. The minimum Gasteiger partial charge on any atom is -0.380 e. The molecule has 0 radical (unpaired) electrons. The highest BCUT2D eigenvalue weighted by Crippen LogP contribution is 2.33. The third-order valence-electron chi connectivity index (χ3n) is 6.26. The van der Waals surface area contributed by atoms with Gasteiger partial charge >= 0.3 is 0 Å². The van der Waals surface area contributed by atoms with Crippen LogP contribution >= 0.6 is 0 Å². The predicted octanol–water partition coefficient (Wildman–Crippen LogP) is 5.39. The average Bonchev–Trinajstić information content (AvgIpc) is 2.92. The van der Waals surface area contributed by atoms with Crippen molar-refractivity contribution in [2.24, 2.45) is 0 Å². The van der Waals surface area contributed by atoms with E-state index in [0.717, 1.165) is 29.7 Å². The first-order chi connectivity index (χ1) is 18.2. The number of fused-ring (bicyclic) bond motifs is 1. The summed E-state index contributed by atoms with van der Waals surface area (Å²) in [6, 6.07) is 9.84. The Hall–Kier alpha value is -3.92. The summed E-state index contributed by atoms with van der Waals surface area (Å²) in [5.74, 6) is -3.13. The van der Waals surface area contributed by atoms with Crippen molar-refractivity contribution in [1.82, 2.24) is 9.97 Å². The third-order valence-corrected chi connectivity index (χ3v) is 6.26. The van der Waals surface area contributed by atoms with E-state index in [9.17, 15) is 18.4 Å². The molecule has 1 aliphatic heterocycles. The standard InChI is InChI=1S/C28H31F2N5O3/c1-4-35-25(36)6-5-12-38-13-11-31-23-14-20(17-33-26(23)35)22-16-21(8-7-18(22)2)34-27(37)19-9-10-32-24(15-19)28(3,29)30/h7-10,14-17,31H,4-6,11-13H2,1-3H3,(H,34,37). The Balaban J connectivity index is 1.64. The fourth-order valence-electron chi connectivity index (χ4n) is 4.24. The van der Waals surface area contributed by atoms with Crippen molar-refractivity contribution in [3.8, 4) is 11.1 Å². The highest BCUT2D eigenvalue weighted by molar-refractivity contribution is 6.04. The van der Waals surface area contributed by atoms with Gasteiger partial charge in [0.15, 0.2) is 5.82 Å². The molecule has 0 saturated carbocycles. The first-order valence-electron chi connectivity index (χ1n) is 12.6. The van der Waals surface area contributed by atoms with E-state index in [1.54, 1.807) is 17.2 Å². The maximum absolute atomic E-state index is 13.7. The Morgan fingerprint density at radius 2 is 2.00 bits per heavy atom. The van der Waals surface area contributed by atoms with Gasteiger partial charge in [0, 0.05) is 62.2 Å². The second-order valence-electron chi connectivity index (χ2n) is 9.18. The van der Waals surface area contributed by atoms with Gasteiger partial charge in [0.2, 0.25) is 5.91 Å². The molecule has 0 unspecified atom stereocenters. The van der Waals surface area contributed by atoms with Gasteiger partial charge in [0.25, 0.3) is 11.8 Å². The zero-order valence-corrected chi connectivity index (χ0v) is 21.7. The van der Waals surface area contributed by atoms with Gasteiger partial charge < -0.3 is 15.4 Å². The molecule has 2 amide bonds. The number of hydrogen-bond donors (Lipinski definition) is 2. The van der Waals surface area contributed by atoms with Gasteiger partial charge in [-0.05, 0) is 61.7 Å². The van der Waals surface area contributed by atoms with E-state index in [-0.39, 0.29) is 11.5 Å². The van der Waals surface area contributed by atoms with Crippen LogP contribution in [0.2, 0.25) is 0 Å². The summed E-state index contributed by atoms with van der Waals surface area (Å²) in [5.41, 5.74) is 3.39. The summed E-state index contributed by atoms with van der Waals surface area (Å²) in [4.78, 5) is 35.6. The molecule has 4 rings (SSSR count). The molecule has 0 saturated heterocycles. The largest absolute Gasteiger partial charge is 0.380 e. The van der Waals surface area contributed by atoms with E-state index in [1.165, 1.54) is 12.3 Å². The van der Waals surface area contributed by atoms with Gasteiger partial charge in [0.1, 0.15) is 5.69 Å². The van der Waals surface area contributed by atoms with Crippen molar-refractivity contribution in [1.29, 1.82) is 0 Å². The lowest BCUT2D eigenvalue weighted by Crippen LogP contribution is -2.32. The van der Waals surface area contributed by atoms with E-state index in [4.69, 9.17) is 4.74 Å². The summed E-state index contributed by atoms with van der Waals surface area (Å²) < 4.78 is 33.0. The van der Waals surface area contributed by atoms with Gasteiger partial charge in [-0.2, -0.15) is 8.78 Å². The number of hydrogen-bond acceptors (Lipinski definition) is 6. The van der Waals surface area contributed by atoms with E-state index in [1.807, 2.05) is 32.0 Å². The van der Waals surface area contributed by atoms with Crippen molar-refractivity contribution < 1.29 is 23.1 Å². The summed E-state index contributed by atoms with van der Waals surface area (Å²) in [6.45, 7) is 6.67. The molecule has 3 aromatic rings. The number of carbonyl (C=O) groups excluding carboxylic acids is 2. The number of halogens is 2. The number of anilines is 3. The average molecular weight is 524 g/mol. The summed E-state index contributed by atoms with van der Waals surface area (Å²) >= 11 is 0. The number of alkyl halides is 2. The Bertz CT molecular complexity index is 1330. The number of nitrogens with zero attached hydrogens (tertiary/aromatic N) is 3. The van der Waals surface area contributed by atoms with Crippen LogP contribution in [0.5, 0.6) is 0 Å². The molecular formula is C28H31F2N5O3. The molecule has 0 fully saturated rings. The second-order valence-corrected chi connectivity index (χ2v) is 9.18. The lowest BCUT2D eigenvalue weighted by atomic mass is 10.0. The van der Waals surface area contributed by atoms with Crippen LogP contribution in [0.25, 0.3) is 11.1 Å². The highest BCUT2D eigenvalue weighted by Gasteiger charge is 2.27. The molecule has 200 valence electrons. The molecule has 38 heavy (non-hydrogen) atoms. The molecule has 0 bridgehead atoms. The van der Waals surface area contributed by atoms with Crippen LogP contribution in [-0.4, -0.2) is 48.1 Å². The van der Waals surface area contributed by atoms with Crippen molar-refractivity contribution in [3.63, 3.8) is 0 Å². The fraction of sp³-hybridized carbons (Fsp3) is 0.357. The Morgan fingerprint density at radius 1 is 1.18 bits per heavy atom. The second kappa shape index (κ2) is 11.6. The first kappa shape index (κ1) is 27.1. The van der Waals surface area contributed by atoms with E-state index in [0.29, 0.717) is 56.3 Å². The molecule has 2 aromatic heterocycles. The van der Waals surface area contributed by atoms with Crippen LogP contribution in [0.3, 0.4) is 0 Å². The zero-order valence-electron chi connectivity index (χ0n) is 21.7. The third kappa shape index (κ3) is 6.31. The van der Waals surface area contributed by atoms with Crippen molar-refractivity contribution >= 4 is 29.0 Å². The number of rotatable bonds is 5. The number of aryl methyl sites for hydroxylation is 1. The SMILES string of the molecule is CCN1C(=O)CCCOCCNc2cc(-c3cc(NC(=O)c4ccnc(C(C)(F)F)c4)ccc3C)cnc21. The van der Waals surface area contributed by atoms with Crippen LogP contribution in [0.15, 0.2) is 48.8 Å². The van der Waals surface area contributed by atoms with Crippen molar-refractivity contribution in [3.05, 3.63) is 65.6 Å². The minimum atomic E-state index is -3.15. The number of benzene rings is 1. The van der Waals surface area contributed by atoms with E-state index >= 15 is 0 Å². The lowest BCUT2D eigenvalue weighted by molar-refractivity contribution is -0.118. The molecule has 2 N–H and O–H groups in total. The van der Waals surface area contributed by atoms with Gasteiger partial charge in [-0.3, -0.25) is 19.5 Å². The van der Waals surface area contributed by atoms with Crippen LogP contribution < -0.4 is 15.5 Å². The van der Waals surface area contributed by atoms with Gasteiger partial charge in [-0.25, -0.2) is 4.98 Å². The molecule has 0 atom stereocenters. The van der Waals surface area contributed by atoms with Crippen LogP contribution in [0, 0.1) is 6.92 Å². The van der Waals surface area contributed by atoms with E-state index in [2.05, 4.69) is 20.6 Å². The monoisotopic (exact) mass is 523 g/mol. The van der Waals surface area contributed by atoms with Gasteiger partial charge in [-0.1, -0.05) is 6.07 Å². The number of carbonyl (C=O) groups is 2. The van der Waals surface area contributed by atoms with Gasteiger partial charge in [-0.15, -0.1) is 0 Å². The number of aromatic nitrogens is 2. The molecular weight excluding hydrogens is 492 g/mol. The smallest absolute Gasteiger partial charge is 0.286 e. The van der Waals surface area contributed by atoms with Crippen molar-refractivity contribution in [2.75, 3.05) is 41.8 Å². The maximum atomic E-state index is 13.7. The number of amides is 2. The highest BCUT2D eigenvalue weighted by atomic mass is 19.3. The summed E-state index contributed by atoms with van der Waals surface area (Å²) in [5, 5.41) is 6.12. The topological polar surface area (TPSA) is 96.5 Å². The predicted molar refractivity (Wildman–Crippen MR) is 143 cm³/mol. The Morgan fingerprint density at radius 3 is 2.76 bits per heavy atom. The Labute approximate surface area is 220 Å². The van der Waals surface area contributed by atoms with Crippen LogP contribution in [-0.2, 0) is 15.5 Å². The molecule has 1 aromatic carbocycles.